The van der Waals surface area contributed by atoms with Gasteiger partial charge in [-0.2, -0.15) is 40.4 Å². The number of carbonyl (C=O) groups is 4. The molecule has 0 radical (unpaired) electrons. The molecule has 0 spiro atoms. The molecule has 20 rings (SSSR count). The molecule has 6 aliphatic rings. The minimum absolute atomic E-state index is 0.0666. The smallest absolute Gasteiger partial charge is 0.255 e. The summed E-state index contributed by atoms with van der Waals surface area (Å²) >= 11 is 0. The molecule has 14 aromatic rings. The third-order valence-electron chi connectivity index (χ3n) is 22.8. The maximum Gasteiger partial charge on any atom is 0.255 e. The summed E-state index contributed by atoms with van der Waals surface area (Å²) in [5.41, 5.74) is 18.3. The van der Waals surface area contributed by atoms with Gasteiger partial charge in [0.1, 0.15) is 69.9 Å². The first-order chi connectivity index (χ1) is 65.9. The molecule has 684 valence electrons. The van der Waals surface area contributed by atoms with Crippen LogP contribution in [0.25, 0.3) is 22.8 Å². The van der Waals surface area contributed by atoms with Crippen LogP contribution >= 0.6 is 0 Å². The highest BCUT2D eigenvalue weighted by Gasteiger charge is 2.34. The number of hydrogen-bond donors (Lipinski definition) is 2. The van der Waals surface area contributed by atoms with Crippen molar-refractivity contribution >= 4 is 69.4 Å². The molecule has 12 heterocycles. The zero-order chi connectivity index (χ0) is 94.6. The van der Waals surface area contributed by atoms with Gasteiger partial charge in [-0.3, -0.25) is 29.1 Å². The molecule has 6 unspecified atom stereocenters. The van der Waals surface area contributed by atoms with Crippen LogP contribution in [0.15, 0.2) is 272 Å². The van der Waals surface area contributed by atoms with E-state index in [-0.39, 0.29) is 84.4 Å². The fourth-order valence-electron chi connectivity index (χ4n) is 15.7. The molecule has 6 aromatic heterocycles. The lowest BCUT2D eigenvalue weighted by Crippen LogP contribution is -2.46. The Labute approximate surface area is 785 Å². The maximum absolute atomic E-state index is 12.9. The van der Waals surface area contributed by atoms with E-state index < -0.39 is 0 Å². The van der Waals surface area contributed by atoms with Crippen molar-refractivity contribution in [1.82, 2.24) is 49.8 Å². The second-order valence-corrected chi connectivity index (χ2v) is 33.9. The van der Waals surface area contributed by atoms with Crippen molar-refractivity contribution in [3.05, 3.63) is 321 Å². The molecule has 2 saturated heterocycles. The van der Waals surface area contributed by atoms with Crippen LogP contribution in [-0.2, 0) is 22.3 Å². The summed E-state index contributed by atoms with van der Waals surface area (Å²) in [5.74, 6) is 5.35. The minimum atomic E-state index is -0.233. The summed E-state index contributed by atoms with van der Waals surface area (Å²) in [5, 5.41) is 39.8. The molecule has 2 fully saturated rings. The number of aromatic nitrogens is 10. The Morgan fingerprint density at radius 2 is 0.779 bits per heavy atom. The van der Waals surface area contributed by atoms with Gasteiger partial charge in [0.15, 0.2) is 46.0 Å². The number of amides is 2. The zero-order valence-electron chi connectivity index (χ0n) is 77.1. The normalized spacial score (nSPS) is 16.6. The zero-order valence-corrected chi connectivity index (χ0v) is 77.1. The number of carbonyl (C=O) groups excluding carboxylic acids is 4. The third-order valence-corrected chi connectivity index (χ3v) is 22.8. The van der Waals surface area contributed by atoms with Gasteiger partial charge >= 0.3 is 0 Å². The first kappa shape index (κ1) is 91.7. The number of hydrogen-bond acceptors (Lipinski definition) is 30. The van der Waals surface area contributed by atoms with Gasteiger partial charge in [0.2, 0.25) is 11.9 Å². The van der Waals surface area contributed by atoms with Crippen LogP contribution in [0.4, 0.5) is 46.0 Å². The standard InChI is InChI=1S/C28H31N5O3.C26H27N5O3.2C25H20N6O2/c1-16-7-6-8-22(11-16)23(34)12-21-10-9-17(2)24(13-21)36-27-26-25(20(5)31-32-26)29-28(30-27)33-14-18(3)35-19(4)15-33;1-16-5-4-6-20(13-16)21(32)14-19-8-7-17(2)22(15-19)34-25-24-23(18(3)29-30-24)27-26(28-25)31-9-11-33-12-10-31;1-15-6-3-9-19(12-15)27-24(32)17-7-4-10-20(13-17)33-25-22-21(16(2)30-31-22)28-23(29-25)18-8-5-11-26-14-18;1-15-5-3-7-19(13-15)27-24(32)18-6-4-8-20(14-18)33-25-22-21(16(2)30-31-22)28-23(29-25)17-9-11-26-12-10-17/h6-11,13,18-20H,12,14-15H2,1-5H3;4-8,13,15,18H,9-12,14H2,1-3H3;2*3-14,16H,1-2H3,(H,27,32). The number of pyridine rings is 2. The quantitative estimate of drug-likeness (QED) is 0.0595. The molecular formula is C104H98N22O10. The largest absolute Gasteiger partial charge is 0.437 e. The summed E-state index contributed by atoms with van der Waals surface area (Å²) < 4.78 is 36.2. The number of nitrogens with one attached hydrogen (secondary N) is 2. The van der Waals surface area contributed by atoms with Crippen LogP contribution in [-0.4, -0.2) is 125 Å². The SMILES string of the molecule is Cc1cccc(C(=O)Cc2ccc(C)c(Oc3nc(N4CC(C)OC(C)C4)nc4c3N=NC4C)c2)c1.Cc1cccc(C(=O)Cc2ccc(C)c(Oc3nc(N4CCOCC4)nc4c3N=NC4C)c2)c1.Cc1cccc(NC(=O)c2cccc(Oc3nc(-c4cccnc4)nc4c3N=NC4C)c2)c1.Cc1cccc(NC(=O)c2cccc(Oc3nc(-c4ccncc4)nc4c3N=NC4C)c2)c1. The summed E-state index contributed by atoms with van der Waals surface area (Å²) in [6.07, 6.45) is 7.47. The van der Waals surface area contributed by atoms with E-state index in [2.05, 4.69) is 91.3 Å². The number of ether oxygens (including phenoxy) is 6. The first-order valence-electron chi connectivity index (χ1n) is 44.8. The molecule has 32 nitrogen and oxygen atoms in total. The Morgan fingerprint density at radius 1 is 0.375 bits per heavy atom. The van der Waals surface area contributed by atoms with E-state index in [0.717, 1.165) is 91.5 Å². The molecule has 8 aromatic carbocycles. The van der Waals surface area contributed by atoms with E-state index >= 15 is 0 Å². The second-order valence-electron chi connectivity index (χ2n) is 33.9. The highest BCUT2D eigenvalue weighted by molar-refractivity contribution is 6.05. The Kier molecular flexibility index (Phi) is 27.8. The van der Waals surface area contributed by atoms with Gasteiger partial charge in [-0.15, -0.1) is 20.5 Å². The van der Waals surface area contributed by atoms with Crippen molar-refractivity contribution in [1.29, 1.82) is 0 Å². The van der Waals surface area contributed by atoms with Crippen molar-refractivity contribution < 1.29 is 47.6 Å². The molecule has 0 bridgehead atoms. The number of azo groups is 4. The van der Waals surface area contributed by atoms with E-state index in [0.29, 0.717) is 141 Å². The van der Waals surface area contributed by atoms with Gasteiger partial charge < -0.3 is 48.9 Å². The van der Waals surface area contributed by atoms with Crippen molar-refractivity contribution in [3.8, 4) is 69.3 Å². The van der Waals surface area contributed by atoms with Crippen LogP contribution in [0.2, 0.25) is 0 Å². The van der Waals surface area contributed by atoms with Gasteiger partial charge in [0, 0.05) is 109 Å². The Bertz CT molecular complexity index is 6780. The number of anilines is 4. The lowest BCUT2D eigenvalue weighted by molar-refractivity contribution is -0.00577. The van der Waals surface area contributed by atoms with Crippen LogP contribution in [0.5, 0.6) is 46.5 Å². The Balaban J connectivity index is 0.000000126. The van der Waals surface area contributed by atoms with Crippen molar-refractivity contribution in [2.24, 2.45) is 40.9 Å². The first-order valence-corrected chi connectivity index (χ1v) is 44.8. The van der Waals surface area contributed by atoms with Gasteiger partial charge in [-0.05, 0) is 226 Å². The highest BCUT2D eigenvalue weighted by atomic mass is 16.5. The predicted octanol–water partition coefficient (Wildman–Crippen LogP) is 23.5. The number of nitrogens with zero attached hydrogens (tertiary/aromatic N) is 20. The lowest BCUT2D eigenvalue weighted by Gasteiger charge is -2.35. The van der Waals surface area contributed by atoms with Crippen LogP contribution in [0.3, 0.4) is 0 Å². The van der Waals surface area contributed by atoms with Crippen molar-refractivity contribution in [2.45, 2.75) is 132 Å². The monoisotopic (exact) mass is 1810 g/mol. The summed E-state index contributed by atoms with van der Waals surface area (Å²) in [7, 11) is 0. The molecule has 32 heteroatoms. The average Bonchev–Trinajstić information content (AvgIpc) is 1.50. The van der Waals surface area contributed by atoms with Crippen LogP contribution < -0.4 is 39.4 Å². The van der Waals surface area contributed by atoms with Gasteiger partial charge in [-0.25, -0.2) is 19.9 Å². The van der Waals surface area contributed by atoms with Crippen molar-refractivity contribution in [2.75, 3.05) is 59.8 Å². The number of aryl methyl sites for hydroxylation is 6. The summed E-state index contributed by atoms with van der Waals surface area (Å²) in [6.45, 7) is 27.8. The minimum Gasteiger partial charge on any atom is -0.437 e. The van der Waals surface area contributed by atoms with E-state index in [4.69, 9.17) is 48.4 Å². The number of fused-ring (bicyclic) bond motifs is 4. The third kappa shape index (κ3) is 22.1. The average molecular weight is 1820 g/mol. The number of Topliss-reactive ketones (excluding diaryl/α,β-unsaturated/α-hetero) is 2. The summed E-state index contributed by atoms with van der Waals surface area (Å²) in [4.78, 5) is 101. The fraction of sp³-hybridized carbons (Fsp3) is 0.250. The molecule has 2 N–H and O–H groups in total. The van der Waals surface area contributed by atoms with Crippen molar-refractivity contribution in [3.63, 3.8) is 0 Å². The topological polar surface area (TPSA) is 382 Å². The molecule has 0 saturated carbocycles. The number of benzene rings is 8. The van der Waals surface area contributed by atoms with E-state index in [9.17, 15) is 19.2 Å². The van der Waals surface area contributed by atoms with E-state index in [1.807, 2.05) is 241 Å². The molecule has 6 atom stereocenters. The number of morpholine rings is 2. The van der Waals surface area contributed by atoms with Crippen LogP contribution in [0.1, 0.15) is 174 Å². The van der Waals surface area contributed by atoms with Crippen LogP contribution in [0, 0.1) is 41.5 Å². The highest BCUT2D eigenvalue weighted by Crippen LogP contribution is 2.48. The molecule has 6 aliphatic heterocycles. The maximum atomic E-state index is 12.9. The molecule has 0 aliphatic carbocycles. The van der Waals surface area contributed by atoms with E-state index in [1.54, 1.807) is 73.3 Å². The number of rotatable bonds is 22. The molecular weight excluding hydrogens is 1720 g/mol. The van der Waals surface area contributed by atoms with Gasteiger partial charge in [0.25, 0.3) is 35.3 Å². The van der Waals surface area contributed by atoms with Gasteiger partial charge in [-0.1, -0.05) is 108 Å². The second kappa shape index (κ2) is 41.3. The molecule has 136 heavy (non-hydrogen) atoms. The number of ketones is 2. The molecule has 2 amide bonds. The predicted molar refractivity (Wildman–Crippen MR) is 514 cm³/mol. The summed E-state index contributed by atoms with van der Waals surface area (Å²) in [6, 6.07) is 62.7. The van der Waals surface area contributed by atoms with E-state index in [1.165, 1.54) is 0 Å². The lowest BCUT2D eigenvalue weighted by atomic mass is 10.0. The fourth-order valence-corrected chi connectivity index (χ4v) is 15.7. The van der Waals surface area contributed by atoms with Gasteiger partial charge in [0.05, 0.1) is 25.4 Å². The Hall–Kier alpha value is -16.2. The Morgan fingerprint density at radius 3 is 1.21 bits per heavy atom.